The fourth-order valence-electron chi connectivity index (χ4n) is 1.84. The van der Waals surface area contributed by atoms with E-state index in [9.17, 15) is 4.39 Å². The van der Waals surface area contributed by atoms with Gasteiger partial charge in [0.1, 0.15) is 5.82 Å². The number of imidazole rings is 1. The number of nitrogens with zero attached hydrogens (tertiary/aromatic N) is 3. The molecule has 1 heterocycles. The predicted octanol–water partition coefficient (Wildman–Crippen LogP) is 3.11. The maximum atomic E-state index is 14.0. The average molecular weight is 304 g/mol. The molecule has 0 bridgehead atoms. The number of hydrogen-bond donors (Lipinski definition) is 1. The minimum absolute atomic E-state index is 0.119. The van der Waals surface area contributed by atoms with Gasteiger partial charge in [0, 0.05) is 5.56 Å². The van der Waals surface area contributed by atoms with E-state index >= 15 is 0 Å². The van der Waals surface area contributed by atoms with Crippen LogP contribution >= 0.6 is 0 Å². The van der Waals surface area contributed by atoms with Crippen LogP contribution in [0.5, 0.6) is 0 Å². The van der Waals surface area contributed by atoms with E-state index in [1.54, 1.807) is 24.5 Å². The van der Waals surface area contributed by atoms with Gasteiger partial charge in [-0.25, -0.2) is 14.1 Å². The third kappa shape index (κ3) is 4.14. The number of aromatic nitrogens is 2. The Morgan fingerprint density at radius 2 is 2.27 bits per heavy atom. The van der Waals surface area contributed by atoms with Crippen molar-refractivity contribution < 1.29 is 9.13 Å². The highest BCUT2D eigenvalue weighted by molar-refractivity contribution is 5.79. The number of ether oxygens (including phenoxy) is 1. The summed E-state index contributed by atoms with van der Waals surface area (Å²) in [5, 5.41) is 4.16. The number of nitrogens with two attached hydrogens (primary N) is 1. The number of nitrogen functional groups attached to an aromatic ring is 1. The monoisotopic (exact) mass is 304 g/mol. The summed E-state index contributed by atoms with van der Waals surface area (Å²) >= 11 is 0. The Morgan fingerprint density at radius 1 is 1.50 bits per heavy atom. The van der Waals surface area contributed by atoms with E-state index in [1.807, 2.05) is 20.8 Å². The molecule has 22 heavy (non-hydrogen) atoms. The van der Waals surface area contributed by atoms with Crippen LogP contribution < -0.4 is 5.73 Å². The van der Waals surface area contributed by atoms with Crippen LogP contribution in [-0.4, -0.2) is 22.0 Å². The van der Waals surface area contributed by atoms with Crippen LogP contribution in [0.25, 0.3) is 0 Å². The van der Waals surface area contributed by atoms with E-state index in [0.717, 1.165) is 12.1 Å². The molecule has 1 atom stereocenters. The lowest BCUT2D eigenvalue weighted by Gasteiger charge is -2.11. The van der Waals surface area contributed by atoms with Crippen molar-refractivity contribution in [2.24, 2.45) is 5.10 Å². The SMILES string of the molecule is CCC(C)OCc1ccc(C=Nn2cc(C)nc2N)cc1F. The number of hydrogen-bond acceptors (Lipinski definition) is 4. The second kappa shape index (κ2) is 7.17. The summed E-state index contributed by atoms with van der Waals surface area (Å²) in [5.74, 6) is -0.00479. The number of halogens is 1. The lowest BCUT2D eigenvalue weighted by atomic mass is 10.1. The lowest BCUT2D eigenvalue weighted by Crippen LogP contribution is -2.07. The van der Waals surface area contributed by atoms with Crippen molar-refractivity contribution in [3.05, 3.63) is 47.0 Å². The number of anilines is 1. The summed E-state index contributed by atoms with van der Waals surface area (Å²) in [4.78, 5) is 4.04. The molecule has 6 heteroatoms. The molecule has 0 radical (unpaired) electrons. The van der Waals surface area contributed by atoms with Crippen LogP contribution in [-0.2, 0) is 11.3 Å². The minimum atomic E-state index is -0.304. The van der Waals surface area contributed by atoms with Crippen molar-refractivity contribution in [2.45, 2.75) is 39.9 Å². The lowest BCUT2D eigenvalue weighted by molar-refractivity contribution is 0.0492. The molecular formula is C16H21FN4O. The fourth-order valence-corrected chi connectivity index (χ4v) is 1.84. The van der Waals surface area contributed by atoms with E-state index < -0.39 is 0 Å². The molecule has 0 amide bonds. The van der Waals surface area contributed by atoms with Gasteiger partial charge in [0.25, 0.3) is 0 Å². The van der Waals surface area contributed by atoms with Crippen molar-refractivity contribution in [3.63, 3.8) is 0 Å². The normalized spacial score (nSPS) is 12.9. The average Bonchev–Trinajstić information content (AvgIpc) is 2.81. The first-order valence-corrected chi connectivity index (χ1v) is 7.25. The van der Waals surface area contributed by atoms with Crippen LogP contribution in [0.2, 0.25) is 0 Å². The molecule has 2 N–H and O–H groups in total. The molecule has 0 saturated carbocycles. The van der Waals surface area contributed by atoms with E-state index in [-0.39, 0.29) is 18.5 Å². The summed E-state index contributed by atoms with van der Waals surface area (Å²) in [6.07, 6.45) is 4.27. The zero-order valence-corrected chi connectivity index (χ0v) is 13.1. The third-order valence-electron chi connectivity index (χ3n) is 3.34. The molecule has 0 aliphatic heterocycles. The minimum Gasteiger partial charge on any atom is -0.374 e. The van der Waals surface area contributed by atoms with Gasteiger partial charge in [-0.1, -0.05) is 19.1 Å². The van der Waals surface area contributed by atoms with Crippen molar-refractivity contribution >= 4 is 12.2 Å². The summed E-state index contributed by atoms with van der Waals surface area (Å²) in [7, 11) is 0. The Labute approximate surface area is 129 Å². The molecule has 1 unspecified atom stereocenters. The Morgan fingerprint density at radius 3 is 2.86 bits per heavy atom. The fraction of sp³-hybridized carbons (Fsp3) is 0.375. The molecular weight excluding hydrogens is 283 g/mol. The number of rotatable bonds is 6. The van der Waals surface area contributed by atoms with Crippen molar-refractivity contribution in [1.29, 1.82) is 0 Å². The molecule has 1 aromatic heterocycles. The van der Waals surface area contributed by atoms with Crippen LogP contribution in [0.15, 0.2) is 29.5 Å². The molecule has 0 aliphatic rings. The van der Waals surface area contributed by atoms with Gasteiger partial charge in [0.15, 0.2) is 0 Å². The highest BCUT2D eigenvalue weighted by atomic mass is 19.1. The van der Waals surface area contributed by atoms with Gasteiger partial charge < -0.3 is 10.5 Å². The van der Waals surface area contributed by atoms with E-state index in [4.69, 9.17) is 10.5 Å². The predicted molar refractivity (Wildman–Crippen MR) is 85.3 cm³/mol. The third-order valence-corrected chi connectivity index (χ3v) is 3.34. The summed E-state index contributed by atoms with van der Waals surface area (Å²) < 4.78 is 21.0. The number of aryl methyl sites for hydroxylation is 1. The largest absolute Gasteiger partial charge is 0.374 e. The van der Waals surface area contributed by atoms with Crippen LogP contribution in [0.1, 0.15) is 37.1 Å². The Hall–Kier alpha value is -2.21. The van der Waals surface area contributed by atoms with Gasteiger partial charge in [0.05, 0.1) is 30.8 Å². The number of benzene rings is 1. The summed E-state index contributed by atoms with van der Waals surface area (Å²) in [5.41, 5.74) is 7.65. The van der Waals surface area contributed by atoms with Gasteiger partial charge in [-0.15, -0.1) is 0 Å². The maximum Gasteiger partial charge on any atom is 0.221 e. The molecule has 118 valence electrons. The van der Waals surface area contributed by atoms with Crippen molar-refractivity contribution in [1.82, 2.24) is 9.66 Å². The standard InChI is InChI=1S/C16H21FN4O/c1-4-12(3)22-10-14-6-5-13(7-15(14)17)8-19-21-9-11(2)20-16(21)18/h5-9,12H,4,10H2,1-3H3,(H2,18,20). The topological polar surface area (TPSA) is 65.4 Å². The quantitative estimate of drug-likeness (QED) is 0.834. The zero-order valence-electron chi connectivity index (χ0n) is 13.1. The maximum absolute atomic E-state index is 14.0. The first kappa shape index (κ1) is 16.2. The molecule has 0 aliphatic carbocycles. The van der Waals surface area contributed by atoms with Crippen molar-refractivity contribution in [2.75, 3.05) is 5.73 Å². The molecule has 0 saturated heterocycles. The second-order valence-corrected chi connectivity index (χ2v) is 5.21. The highest BCUT2D eigenvalue weighted by Gasteiger charge is 2.06. The Bertz CT molecular complexity index is 666. The molecule has 0 fully saturated rings. The Kier molecular flexibility index (Phi) is 5.27. The first-order valence-electron chi connectivity index (χ1n) is 7.25. The Balaban J connectivity index is 2.07. The smallest absolute Gasteiger partial charge is 0.221 e. The van der Waals surface area contributed by atoms with Gasteiger partial charge in [-0.2, -0.15) is 5.10 Å². The molecule has 0 spiro atoms. The van der Waals surface area contributed by atoms with Gasteiger partial charge >= 0.3 is 0 Å². The summed E-state index contributed by atoms with van der Waals surface area (Å²) in [6, 6.07) is 4.93. The van der Waals surface area contributed by atoms with E-state index in [1.165, 1.54) is 10.7 Å². The summed E-state index contributed by atoms with van der Waals surface area (Å²) in [6.45, 7) is 6.10. The van der Waals surface area contributed by atoms with Crippen LogP contribution in [0.4, 0.5) is 10.3 Å². The first-order chi connectivity index (χ1) is 10.5. The van der Waals surface area contributed by atoms with E-state index in [0.29, 0.717) is 17.1 Å². The second-order valence-electron chi connectivity index (χ2n) is 5.21. The van der Waals surface area contributed by atoms with Gasteiger partial charge in [-0.05, 0) is 31.9 Å². The van der Waals surface area contributed by atoms with Gasteiger partial charge in [0.2, 0.25) is 5.95 Å². The molecule has 1 aromatic carbocycles. The highest BCUT2D eigenvalue weighted by Crippen LogP contribution is 2.13. The zero-order chi connectivity index (χ0) is 16.1. The van der Waals surface area contributed by atoms with E-state index in [2.05, 4.69) is 10.1 Å². The van der Waals surface area contributed by atoms with Crippen LogP contribution in [0.3, 0.4) is 0 Å². The van der Waals surface area contributed by atoms with Crippen LogP contribution in [0, 0.1) is 12.7 Å². The van der Waals surface area contributed by atoms with Crippen molar-refractivity contribution in [3.8, 4) is 0 Å². The molecule has 5 nitrogen and oxygen atoms in total. The molecule has 2 aromatic rings. The molecule has 2 rings (SSSR count). The van der Waals surface area contributed by atoms with Gasteiger partial charge in [-0.3, -0.25) is 0 Å².